The number of hydrogen-bond donors (Lipinski definition) is 2. The quantitative estimate of drug-likeness (QED) is 0.855. The standard InChI is InChI=1S/C15H13BrClNO3/c16-11-3-2-10(17)6-12(11)18-7-13(19)9-1-4-14-15(5-9)21-8-20-14/h1-6,13,18-19H,7-8H2. The van der Waals surface area contributed by atoms with Crippen molar-refractivity contribution in [1.29, 1.82) is 0 Å². The lowest BCUT2D eigenvalue weighted by molar-refractivity contribution is 0.173. The zero-order valence-corrected chi connectivity index (χ0v) is 13.3. The predicted molar refractivity (Wildman–Crippen MR) is 85.2 cm³/mol. The molecule has 0 bridgehead atoms. The maximum Gasteiger partial charge on any atom is 0.231 e. The Morgan fingerprint density at radius 3 is 2.86 bits per heavy atom. The van der Waals surface area contributed by atoms with Crippen LogP contribution in [0.1, 0.15) is 11.7 Å². The van der Waals surface area contributed by atoms with Crippen molar-refractivity contribution in [3.8, 4) is 11.5 Å². The van der Waals surface area contributed by atoms with Gasteiger partial charge in [-0.05, 0) is 51.8 Å². The molecule has 110 valence electrons. The maximum absolute atomic E-state index is 10.3. The third-order valence-electron chi connectivity index (χ3n) is 3.20. The molecule has 2 aromatic carbocycles. The number of aliphatic hydroxyl groups excluding tert-OH is 1. The minimum Gasteiger partial charge on any atom is -0.454 e. The van der Waals surface area contributed by atoms with E-state index in [1.54, 1.807) is 24.3 Å². The lowest BCUT2D eigenvalue weighted by Gasteiger charge is -2.15. The Hall–Kier alpha value is -1.43. The van der Waals surface area contributed by atoms with Gasteiger partial charge in [-0.1, -0.05) is 17.7 Å². The predicted octanol–water partition coefficient (Wildman–Crippen LogP) is 3.98. The van der Waals surface area contributed by atoms with E-state index < -0.39 is 6.10 Å². The first kappa shape index (κ1) is 14.5. The SMILES string of the molecule is OC(CNc1cc(Cl)ccc1Br)c1ccc2c(c1)OCO2. The first-order valence-corrected chi connectivity index (χ1v) is 7.57. The monoisotopic (exact) mass is 369 g/mol. The van der Waals surface area contributed by atoms with Crippen LogP contribution in [0.15, 0.2) is 40.9 Å². The third-order valence-corrected chi connectivity index (χ3v) is 4.12. The molecule has 1 atom stereocenters. The number of hydrogen-bond acceptors (Lipinski definition) is 4. The second-order valence-electron chi connectivity index (χ2n) is 4.63. The van der Waals surface area contributed by atoms with Gasteiger partial charge in [0.25, 0.3) is 0 Å². The first-order valence-electron chi connectivity index (χ1n) is 6.40. The highest BCUT2D eigenvalue weighted by atomic mass is 79.9. The fourth-order valence-electron chi connectivity index (χ4n) is 2.08. The molecule has 0 aromatic heterocycles. The fraction of sp³-hybridized carbons (Fsp3) is 0.200. The van der Waals surface area contributed by atoms with E-state index in [4.69, 9.17) is 21.1 Å². The van der Waals surface area contributed by atoms with Crippen molar-refractivity contribution in [2.24, 2.45) is 0 Å². The highest BCUT2D eigenvalue weighted by molar-refractivity contribution is 9.10. The number of halogens is 2. The molecule has 1 aliphatic heterocycles. The Morgan fingerprint density at radius 1 is 1.19 bits per heavy atom. The molecule has 1 heterocycles. The lowest BCUT2D eigenvalue weighted by Crippen LogP contribution is -2.12. The van der Waals surface area contributed by atoms with Crippen LogP contribution in [-0.2, 0) is 0 Å². The zero-order chi connectivity index (χ0) is 14.8. The van der Waals surface area contributed by atoms with Gasteiger partial charge < -0.3 is 19.9 Å². The van der Waals surface area contributed by atoms with Crippen LogP contribution in [-0.4, -0.2) is 18.4 Å². The lowest BCUT2D eigenvalue weighted by atomic mass is 10.1. The molecule has 0 saturated carbocycles. The molecular formula is C15H13BrClNO3. The molecule has 1 unspecified atom stereocenters. The molecule has 0 aliphatic carbocycles. The minimum absolute atomic E-state index is 0.225. The van der Waals surface area contributed by atoms with E-state index in [1.165, 1.54) is 0 Å². The Bertz CT molecular complexity index is 665. The largest absolute Gasteiger partial charge is 0.454 e. The number of rotatable bonds is 4. The van der Waals surface area contributed by atoms with Gasteiger partial charge in [-0.3, -0.25) is 0 Å². The Balaban J connectivity index is 1.69. The molecule has 1 aliphatic rings. The zero-order valence-electron chi connectivity index (χ0n) is 11.0. The van der Waals surface area contributed by atoms with E-state index in [0.29, 0.717) is 23.1 Å². The number of ether oxygens (including phenoxy) is 2. The molecule has 0 saturated heterocycles. The summed E-state index contributed by atoms with van der Waals surface area (Å²) in [6.07, 6.45) is -0.662. The van der Waals surface area contributed by atoms with E-state index in [0.717, 1.165) is 15.7 Å². The van der Waals surface area contributed by atoms with Crippen LogP contribution < -0.4 is 14.8 Å². The molecule has 2 N–H and O–H groups in total. The average molecular weight is 371 g/mol. The Labute approximate surface area is 135 Å². The summed E-state index contributed by atoms with van der Waals surface area (Å²) in [7, 11) is 0. The Morgan fingerprint density at radius 2 is 2.00 bits per heavy atom. The fourth-order valence-corrected chi connectivity index (χ4v) is 2.64. The molecule has 2 aromatic rings. The van der Waals surface area contributed by atoms with Gasteiger partial charge >= 0.3 is 0 Å². The third kappa shape index (κ3) is 3.26. The molecule has 0 spiro atoms. The number of fused-ring (bicyclic) bond motifs is 1. The summed E-state index contributed by atoms with van der Waals surface area (Å²) in [5.41, 5.74) is 1.60. The molecule has 0 amide bonds. The van der Waals surface area contributed by atoms with Crippen molar-refractivity contribution in [2.75, 3.05) is 18.7 Å². The highest BCUT2D eigenvalue weighted by Crippen LogP contribution is 2.34. The maximum atomic E-state index is 10.3. The van der Waals surface area contributed by atoms with Crippen molar-refractivity contribution >= 4 is 33.2 Å². The molecule has 0 fully saturated rings. The summed E-state index contributed by atoms with van der Waals surface area (Å²) in [4.78, 5) is 0. The number of aliphatic hydroxyl groups is 1. The van der Waals surface area contributed by atoms with E-state index in [2.05, 4.69) is 21.2 Å². The number of benzene rings is 2. The van der Waals surface area contributed by atoms with Crippen molar-refractivity contribution in [3.05, 3.63) is 51.5 Å². The minimum atomic E-state index is -0.662. The summed E-state index contributed by atoms with van der Waals surface area (Å²) >= 11 is 9.40. The molecule has 21 heavy (non-hydrogen) atoms. The van der Waals surface area contributed by atoms with E-state index in [1.807, 2.05) is 12.1 Å². The van der Waals surface area contributed by atoms with Crippen LogP contribution in [0.3, 0.4) is 0 Å². The molecular weight excluding hydrogens is 358 g/mol. The number of anilines is 1. The Kier molecular flexibility index (Phi) is 4.24. The van der Waals surface area contributed by atoms with Gasteiger partial charge in [0.2, 0.25) is 6.79 Å². The van der Waals surface area contributed by atoms with Crippen LogP contribution >= 0.6 is 27.5 Å². The van der Waals surface area contributed by atoms with Crippen LogP contribution in [0.4, 0.5) is 5.69 Å². The highest BCUT2D eigenvalue weighted by Gasteiger charge is 2.16. The van der Waals surface area contributed by atoms with E-state index in [-0.39, 0.29) is 6.79 Å². The van der Waals surface area contributed by atoms with Crippen LogP contribution in [0.25, 0.3) is 0 Å². The number of nitrogens with one attached hydrogen (secondary N) is 1. The van der Waals surface area contributed by atoms with Crippen LogP contribution in [0.2, 0.25) is 5.02 Å². The van der Waals surface area contributed by atoms with E-state index in [9.17, 15) is 5.11 Å². The van der Waals surface area contributed by atoms with Crippen LogP contribution in [0.5, 0.6) is 11.5 Å². The van der Waals surface area contributed by atoms with Gasteiger partial charge in [-0.2, -0.15) is 0 Å². The molecule has 4 nitrogen and oxygen atoms in total. The van der Waals surface area contributed by atoms with Crippen molar-refractivity contribution in [2.45, 2.75) is 6.10 Å². The first-order chi connectivity index (χ1) is 10.1. The summed E-state index contributed by atoms with van der Waals surface area (Å²) in [6.45, 7) is 0.585. The topological polar surface area (TPSA) is 50.7 Å². The van der Waals surface area contributed by atoms with E-state index >= 15 is 0 Å². The van der Waals surface area contributed by atoms with Crippen LogP contribution in [0, 0.1) is 0 Å². The summed E-state index contributed by atoms with van der Waals surface area (Å²) in [6, 6.07) is 10.9. The molecule has 0 radical (unpaired) electrons. The van der Waals surface area contributed by atoms with Crippen molar-refractivity contribution in [3.63, 3.8) is 0 Å². The van der Waals surface area contributed by atoms with Gasteiger partial charge in [0.15, 0.2) is 11.5 Å². The summed E-state index contributed by atoms with van der Waals surface area (Å²) < 4.78 is 11.5. The van der Waals surface area contributed by atoms with Gasteiger partial charge in [-0.15, -0.1) is 0 Å². The molecule has 6 heteroatoms. The summed E-state index contributed by atoms with van der Waals surface area (Å²) in [5, 5.41) is 14.1. The normalized spacial score (nSPS) is 14.0. The van der Waals surface area contributed by atoms with Gasteiger partial charge in [0, 0.05) is 16.0 Å². The van der Waals surface area contributed by atoms with Crippen molar-refractivity contribution in [1.82, 2.24) is 0 Å². The smallest absolute Gasteiger partial charge is 0.231 e. The average Bonchev–Trinajstić information content (AvgIpc) is 2.95. The second kappa shape index (κ2) is 6.13. The van der Waals surface area contributed by atoms with Gasteiger partial charge in [0.1, 0.15) is 0 Å². The summed E-state index contributed by atoms with van der Waals surface area (Å²) in [5.74, 6) is 1.37. The van der Waals surface area contributed by atoms with Gasteiger partial charge in [0.05, 0.1) is 11.8 Å². The van der Waals surface area contributed by atoms with Gasteiger partial charge in [-0.25, -0.2) is 0 Å². The molecule has 3 rings (SSSR count). The second-order valence-corrected chi connectivity index (χ2v) is 5.92. The van der Waals surface area contributed by atoms with Crippen molar-refractivity contribution < 1.29 is 14.6 Å².